The largest absolute Gasteiger partial charge is 0.490 e. The van der Waals surface area contributed by atoms with Crippen LogP contribution in [0.25, 0.3) is 27.7 Å². The van der Waals surface area contributed by atoms with Crippen LogP contribution in [0, 0.1) is 25.5 Å². The van der Waals surface area contributed by atoms with Crippen LogP contribution >= 0.6 is 0 Å². The zero-order valence-electron chi connectivity index (χ0n) is 29.2. The summed E-state index contributed by atoms with van der Waals surface area (Å²) < 4.78 is 41.9. The summed E-state index contributed by atoms with van der Waals surface area (Å²) in [5.74, 6) is -1.63. The van der Waals surface area contributed by atoms with Gasteiger partial charge in [0.2, 0.25) is 17.4 Å². The fourth-order valence-electron chi connectivity index (χ4n) is 7.63. The molecular weight excluding hydrogens is 662 g/mol. The number of likely N-dealkylation sites (tertiary alicyclic amines) is 1. The number of fused-ring (bicyclic) bond motifs is 1. The van der Waals surface area contributed by atoms with E-state index >= 15 is 0 Å². The lowest BCUT2D eigenvalue weighted by molar-refractivity contribution is 0.0772. The lowest BCUT2D eigenvalue weighted by Gasteiger charge is -2.36. The number of hydrogen-bond donors (Lipinski definition) is 2. The van der Waals surface area contributed by atoms with Crippen LogP contribution in [0.4, 0.5) is 14.6 Å². The van der Waals surface area contributed by atoms with Crippen LogP contribution in [-0.4, -0.2) is 55.7 Å². The summed E-state index contributed by atoms with van der Waals surface area (Å²) in [4.78, 5) is 24.1. The molecule has 0 unspecified atom stereocenters. The number of anilines is 1. The molecule has 0 atom stereocenters. The van der Waals surface area contributed by atoms with Crippen molar-refractivity contribution in [3.63, 3.8) is 0 Å². The number of benzene rings is 3. The predicted molar refractivity (Wildman–Crippen MR) is 196 cm³/mol. The first kappa shape index (κ1) is 33.6. The molecule has 266 valence electrons. The van der Waals surface area contributed by atoms with Crippen molar-refractivity contribution in [2.45, 2.75) is 64.5 Å². The van der Waals surface area contributed by atoms with Gasteiger partial charge in [-0.15, -0.1) is 0 Å². The molecule has 8 rings (SSSR count). The van der Waals surface area contributed by atoms with Gasteiger partial charge in [0.25, 0.3) is 0 Å². The first-order chi connectivity index (χ1) is 25.2. The number of nitrogens with zero attached hydrogens (tertiary/aromatic N) is 4. The first-order valence-electron chi connectivity index (χ1n) is 17.8. The number of para-hydroxylation sites is 1. The van der Waals surface area contributed by atoms with E-state index in [0.29, 0.717) is 16.9 Å². The number of ketones is 1. The Labute approximate surface area is 300 Å². The van der Waals surface area contributed by atoms with E-state index in [0.717, 1.165) is 77.4 Å². The molecule has 3 aromatic carbocycles. The third kappa shape index (κ3) is 6.41. The van der Waals surface area contributed by atoms with Crippen molar-refractivity contribution in [2.24, 2.45) is 0 Å². The zero-order chi connectivity index (χ0) is 35.9. The normalized spacial score (nSPS) is 15.8. The van der Waals surface area contributed by atoms with Gasteiger partial charge in [-0.1, -0.05) is 43.2 Å². The number of aromatic amines is 1. The highest BCUT2D eigenvalue weighted by Gasteiger charge is 2.29. The topological polar surface area (TPSA) is 111 Å². The molecule has 0 radical (unpaired) electrons. The Morgan fingerprint density at radius 1 is 0.885 bits per heavy atom. The van der Waals surface area contributed by atoms with Gasteiger partial charge in [-0.05, 0) is 86.6 Å². The van der Waals surface area contributed by atoms with Crippen LogP contribution in [0.3, 0.4) is 0 Å². The average Bonchev–Trinajstić information content (AvgIpc) is 3.91. The van der Waals surface area contributed by atoms with Crippen molar-refractivity contribution in [1.29, 1.82) is 0 Å². The van der Waals surface area contributed by atoms with Crippen LogP contribution in [0.15, 0.2) is 79.1 Å². The van der Waals surface area contributed by atoms with Gasteiger partial charge in [0, 0.05) is 41.7 Å². The molecule has 11 heteroatoms. The number of nitrogens with one attached hydrogen (secondary N) is 1. The number of carbonyl (C=O) groups excluding carboxylic acids is 1. The van der Waals surface area contributed by atoms with E-state index < -0.39 is 17.4 Å². The molecule has 3 aromatic heterocycles. The quantitative estimate of drug-likeness (QED) is 0.145. The van der Waals surface area contributed by atoms with Gasteiger partial charge in [-0.3, -0.25) is 4.79 Å². The summed E-state index contributed by atoms with van der Waals surface area (Å²) >= 11 is 0. The lowest BCUT2D eigenvalue weighted by Crippen LogP contribution is -2.43. The van der Waals surface area contributed by atoms with E-state index in [2.05, 4.69) is 45.1 Å². The summed E-state index contributed by atoms with van der Waals surface area (Å²) in [5.41, 5.74) is 12.2. The zero-order valence-corrected chi connectivity index (χ0v) is 29.2. The monoisotopic (exact) mass is 702 g/mol. The van der Waals surface area contributed by atoms with E-state index in [-0.39, 0.29) is 29.1 Å². The first-order valence-corrected chi connectivity index (χ1v) is 17.8. The van der Waals surface area contributed by atoms with Crippen molar-refractivity contribution >= 4 is 22.5 Å². The molecule has 52 heavy (non-hydrogen) atoms. The number of halogens is 2. The number of nitrogens with two attached hydrogens (primary N) is 1. The minimum absolute atomic E-state index is 0.00620. The van der Waals surface area contributed by atoms with E-state index in [4.69, 9.17) is 15.2 Å². The highest BCUT2D eigenvalue weighted by Crippen LogP contribution is 2.38. The second-order valence-electron chi connectivity index (χ2n) is 13.9. The Kier molecular flexibility index (Phi) is 8.96. The fourth-order valence-corrected chi connectivity index (χ4v) is 7.63. The Hall–Kier alpha value is -5.55. The van der Waals surface area contributed by atoms with Crippen LogP contribution in [0.5, 0.6) is 17.4 Å². The third-order valence-electron chi connectivity index (χ3n) is 10.5. The summed E-state index contributed by atoms with van der Waals surface area (Å²) in [6, 6.07) is 19.9. The smallest absolute Gasteiger partial charge is 0.219 e. The van der Waals surface area contributed by atoms with Gasteiger partial charge in [0.1, 0.15) is 17.7 Å². The molecule has 0 spiro atoms. The second kappa shape index (κ2) is 13.9. The van der Waals surface area contributed by atoms with Gasteiger partial charge in [-0.25, -0.2) is 18.4 Å². The van der Waals surface area contributed by atoms with Gasteiger partial charge in [0.15, 0.2) is 11.6 Å². The fraction of sp³-hybridized carbons (Fsp3) is 0.293. The minimum Gasteiger partial charge on any atom is -0.490 e. The number of hydrogen-bond acceptors (Lipinski definition) is 7. The summed E-state index contributed by atoms with van der Waals surface area (Å²) in [6.45, 7) is 5.95. The number of ether oxygens (including phenoxy) is 2. The maximum atomic E-state index is 14.1. The molecule has 1 aliphatic carbocycles. The Morgan fingerprint density at radius 2 is 1.63 bits per heavy atom. The molecule has 3 N–H and O–H groups in total. The maximum absolute atomic E-state index is 14.1. The van der Waals surface area contributed by atoms with Crippen LogP contribution in [-0.2, 0) is 0 Å². The maximum Gasteiger partial charge on any atom is 0.219 e. The summed E-state index contributed by atoms with van der Waals surface area (Å²) in [7, 11) is 0. The van der Waals surface area contributed by atoms with Gasteiger partial charge < -0.3 is 25.1 Å². The number of nitrogen functional groups attached to an aromatic ring is 1. The third-order valence-corrected chi connectivity index (χ3v) is 10.5. The molecular formula is C41H40F2N6O3. The number of aromatic nitrogens is 4. The van der Waals surface area contributed by atoms with E-state index in [1.165, 1.54) is 54.9 Å². The predicted octanol–water partition coefficient (Wildman–Crippen LogP) is 8.70. The second-order valence-corrected chi connectivity index (χ2v) is 13.9. The minimum atomic E-state index is -0.842. The molecule has 1 aliphatic heterocycles. The highest BCUT2D eigenvalue weighted by molar-refractivity contribution is 6.13. The number of pyridine rings is 1. The van der Waals surface area contributed by atoms with Crippen molar-refractivity contribution in [3.8, 4) is 34.2 Å². The van der Waals surface area contributed by atoms with Gasteiger partial charge >= 0.3 is 0 Å². The molecule has 6 aromatic rings. The van der Waals surface area contributed by atoms with Gasteiger partial charge in [-0.2, -0.15) is 5.10 Å². The van der Waals surface area contributed by atoms with Crippen LogP contribution in [0.1, 0.15) is 65.7 Å². The Morgan fingerprint density at radius 3 is 2.37 bits per heavy atom. The highest BCUT2D eigenvalue weighted by atomic mass is 19.1. The van der Waals surface area contributed by atoms with Gasteiger partial charge in [0.05, 0.1) is 29.3 Å². The van der Waals surface area contributed by atoms with Crippen molar-refractivity contribution in [1.82, 2.24) is 24.6 Å². The molecule has 2 fully saturated rings. The molecule has 2 aliphatic rings. The number of H-pyrrole nitrogens is 1. The lowest BCUT2D eigenvalue weighted by atomic mass is 9.98. The summed E-state index contributed by atoms with van der Waals surface area (Å²) in [6.07, 6.45) is 10.2. The molecule has 1 saturated heterocycles. The number of piperidine rings is 1. The molecule has 1 saturated carbocycles. The van der Waals surface area contributed by atoms with E-state index in [1.807, 2.05) is 24.3 Å². The van der Waals surface area contributed by atoms with Crippen molar-refractivity contribution in [3.05, 3.63) is 113 Å². The Bertz CT molecular complexity index is 2260. The Balaban J connectivity index is 1.06. The van der Waals surface area contributed by atoms with Crippen LogP contribution < -0.4 is 15.2 Å². The number of aryl methyl sites for hydroxylation is 2. The van der Waals surface area contributed by atoms with E-state index in [9.17, 15) is 13.6 Å². The van der Waals surface area contributed by atoms with Crippen molar-refractivity contribution in [2.75, 3.05) is 18.8 Å². The molecule has 4 heterocycles. The van der Waals surface area contributed by atoms with Crippen molar-refractivity contribution < 1.29 is 23.0 Å². The SMILES string of the molecule is Cc1ccccc1-c1cc2[nH]c(C(=O)c3cnn(-c4cnc(Oc5c(F)cccc5F)cc4C)c3N)cc2cc1OC1CCN(C2CCCC2)CC1. The molecule has 9 nitrogen and oxygen atoms in total. The van der Waals surface area contributed by atoms with E-state index in [1.54, 1.807) is 6.92 Å². The standard InChI is InChI=1S/C41H40F2N6O3/c1-24-8-3-6-11-29(24)30-21-34-26(20-37(30)51-28-14-16-48(17-15-28)27-9-4-5-10-27)19-35(47-34)39(50)31-22-46-49(41(31)44)36-23-45-38(18-25(36)2)52-40-32(42)12-7-13-33(40)43/h3,6-8,11-13,18-23,27-28,47H,4-5,9-10,14-17,44H2,1-2H3. The summed E-state index contributed by atoms with van der Waals surface area (Å²) in [5, 5.41) is 5.25. The number of carbonyl (C=O) groups is 1. The van der Waals surface area contributed by atoms with Crippen LogP contribution in [0.2, 0.25) is 0 Å². The molecule has 0 amide bonds. The molecule has 0 bridgehead atoms. The average molecular weight is 703 g/mol. The number of rotatable bonds is 9.